The highest BCUT2D eigenvalue weighted by Crippen LogP contribution is 2.57. The molecular weight excluding hydrogens is 579 g/mol. The lowest BCUT2D eigenvalue weighted by molar-refractivity contribution is 0.455. The molecule has 6 aromatic carbocycles. The highest BCUT2D eigenvalue weighted by atomic mass is 32.2. The minimum absolute atomic E-state index is 0.00644. The first-order chi connectivity index (χ1) is 22.4. The second-order valence-corrected chi connectivity index (χ2v) is 14.6. The summed E-state index contributed by atoms with van der Waals surface area (Å²) in [6.45, 7) is 9.23. The summed E-state index contributed by atoms with van der Waals surface area (Å²) >= 11 is 1.80. The molecule has 0 radical (unpaired) electrons. The van der Waals surface area contributed by atoms with Crippen molar-refractivity contribution in [3.05, 3.63) is 138 Å². The average molecular weight is 611 g/mol. The summed E-state index contributed by atoms with van der Waals surface area (Å²) in [7, 11) is 0. The zero-order valence-electron chi connectivity index (χ0n) is 26.3. The van der Waals surface area contributed by atoms with Gasteiger partial charge in [0.2, 0.25) is 0 Å². The van der Waals surface area contributed by atoms with Gasteiger partial charge < -0.3 is 14.4 Å². The van der Waals surface area contributed by atoms with E-state index < -0.39 is 0 Å². The first-order valence-electron chi connectivity index (χ1n) is 16.1. The summed E-state index contributed by atoms with van der Waals surface area (Å²) in [4.78, 5) is 7.47. The molecule has 0 spiro atoms. The lowest BCUT2D eigenvalue weighted by atomic mass is 9.42. The Bertz CT molecular complexity index is 2310. The lowest BCUT2D eigenvalue weighted by Gasteiger charge is -2.50. The molecule has 4 heterocycles. The molecule has 0 aliphatic carbocycles. The van der Waals surface area contributed by atoms with Crippen LogP contribution in [0.1, 0.15) is 36.1 Å². The number of aryl methyl sites for hydroxylation is 2. The van der Waals surface area contributed by atoms with Gasteiger partial charge in [-0.25, -0.2) is 0 Å². The maximum atomic E-state index is 6.62. The van der Waals surface area contributed by atoms with E-state index in [0.717, 1.165) is 21.3 Å². The predicted molar refractivity (Wildman–Crippen MR) is 192 cm³/mol. The van der Waals surface area contributed by atoms with Crippen molar-refractivity contribution in [2.45, 2.75) is 42.9 Å². The Balaban J connectivity index is 1.33. The molecule has 0 amide bonds. The van der Waals surface area contributed by atoms with Crippen molar-refractivity contribution in [1.82, 2.24) is 0 Å². The van der Waals surface area contributed by atoms with Gasteiger partial charge in [-0.1, -0.05) is 98.4 Å². The van der Waals surface area contributed by atoms with Crippen LogP contribution in [0, 0.1) is 13.8 Å². The van der Waals surface area contributed by atoms with Gasteiger partial charge in [0.15, 0.2) is 0 Å². The zero-order chi connectivity index (χ0) is 30.9. The summed E-state index contributed by atoms with van der Waals surface area (Å²) < 4.78 is 6.62. The number of para-hydroxylation sites is 4. The van der Waals surface area contributed by atoms with Crippen LogP contribution in [-0.2, 0) is 5.41 Å². The van der Waals surface area contributed by atoms with Crippen molar-refractivity contribution in [2.24, 2.45) is 0 Å². The Labute approximate surface area is 274 Å². The summed E-state index contributed by atoms with van der Waals surface area (Å²) in [6.07, 6.45) is 0. The molecule has 4 aliphatic rings. The molecule has 10 rings (SSSR count). The van der Waals surface area contributed by atoms with Crippen molar-refractivity contribution in [2.75, 3.05) is 9.71 Å². The number of ether oxygens (including phenoxy) is 1. The van der Waals surface area contributed by atoms with Crippen molar-refractivity contribution >= 4 is 58.0 Å². The largest absolute Gasteiger partial charge is 0.455 e. The van der Waals surface area contributed by atoms with Crippen LogP contribution in [0.5, 0.6) is 11.5 Å². The van der Waals surface area contributed by atoms with Gasteiger partial charge in [0.1, 0.15) is 11.5 Å². The number of benzene rings is 6. The van der Waals surface area contributed by atoms with Gasteiger partial charge in [0, 0.05) is 39.8 Å². The Morgan fingerprint density at radius 2 is 1.39 bits per heavy atom. The third kappa shape index (κ3) is 3.36. The highest BCUT2D eigenvalue weighted by Gasteiger charge is 2.49. The normalized spacial score (nSPS) is 15.5. The van der Waals surface area contributed by atoms with Crippen LogP contribution in [0.25, 0.3) is 11.1 Å². The maximum Gasteiger partial charge on any atom is 0.333 e. The predicted octanol–water partition coefficient (Wildman–Crippen LogP) is 9.91. The molecule has 4 aliphatic heterocycles. The van der Waals surface area contributed by atoms with E-state index in [2.05, 4.69) is 153 Å². The SMILES string of the molecule is Cc1cc2c3c(c1)N1c4ccccc4C(C)(C)c4cccc(c41)B3N(c1ccccc1C)c1cc3c(cc1-2)Sc1ccccc1O3. The fraction of sp³-hybridized carbons (Fsp3) is 0.122. The van der Waals surface area contributed by atoms with Crippen molar-refractivity contribution in [3.63, 3.8) is 0 Å². The van der Waals surface area contributed by atoms with E-state index in [0.29, 0.717) is 0 Å². The smallest absolute Gasteiger partial charge is 0.333 e. The Kier molecular flexibility index (Phi) is 5.22. The average Bonchev–Trinajstić information content (AvgIpc) is 3.06. The Morgan fingerprint density at radius 1 is 0.630 bits per heavy atom. The Morgan fingerprint density at radius 3 is 2.26 bits per heavy atom. The fourth-order valence-corrected chi connectivity index (χ4v) is 9.34. The van der Waals surface area contributed by atoms with Gasteiger partial charge in [-0.3, -0.25) is 0 Å². The van der Waals surface area contributed by atoms with Gasteiger partial charge in [-0.2, -0.15) is 0 Å². The number of anilines is 5. The second-order valence-electron chi connectivity index (χ2n) is 13.5. The summed E-state index contributed by atoms with van der Waals surface area (Å²) in [5.41, 5.74) is 16.6. The van der Waals surface area contributed by atoms with E-state index in [1.807, 2.05) is 0 Å². The van der Waals surface area contributed by atoms with Gasteiger partial charge in [-0.15, -0.1) is 0 Å². The zero-order valence-corrected chi connectivity index (χ0v) is 27.1. The molecule has 0 aromatic heterocycles. The third-order valence-corrected chi connectivity index (χ3v) is 11.5. The van der Waals surface area contributed by atoms with E-state index in [4.69, 9.17) is 4.74 Å². The second kappa shape index (κ2) is 9.11. The van der Waals surface area contributed by atoms with E-state index in [-0.39, 0.29) is 12.3 Å². The minimum Gasteiger partial charge on any atom is -0.455 e. The topological polar surface area (TPSA) is 15.7 Å². The monoisotopic (exact) mass is 610 g/mol. The number of fused-ring (bicyclic) bond motifs is 8. The van der Waals surface area contributed by atoms with Gasteiger partial charge in [0.25, 0.3) is 0 Å². The van der Waals surface area contributed by atoms with Crippen LogP contribution in [0.15, 0.2) is 125 Å². The first kappa shape index (κ1) is 26.4. The standard InChI is InChI=1S/C41H31BN2OS/c1-24-20-27-26-22-38-36(45-35-18-9-10-19-37(35)46-38)23-33(26)44(31-16-7-5-12-25(31)2)42-30-15-11-14-29-40(30)43(34(21-24)39(27)42)32-17-8-6-13-28(32)41(29,3)4/h5-23H,1-4H3. The molecule has 0 bridgehead atoms. The molecule has 46 heavy (non-hydrogen) atoms. The number of nitrogens with zero attached hydrogens (tertiary/aromatic N) is 2. The molecular formula is C41H31BN2OS. The molecule has 0 atom stereocenters. The number of rotatable bonds is 1. The van der Waals surface area contributed by atoms with E-state index in [9.17, 15) is 0 Å². The van der Waals surface area contributed by atoms with Gasteiger partial charge >= 0.3 is 6.85 Å². The third-order valence-electron chi connectivity index (χ3n) is 10.4. The molecule has 0 unspecified atom stereocenters. The fourth-order valence-electron chi connectivity index (χ4n) is 8.37. The van der Waals surface area contributed by atoms with Crippen LogP contribution in [0.2, 0.25) is 0 Å². The van der Waals surface area contributed by atoms with Crippen molar-refractivity contribution < 1.29 is 4.74 Å². The summed E-state index contributed by atoms with van der Waals surface area (Å²) in [6, 6.07) is 42.7. The molecule has 0 saturated heterocycles. The van der Waals surface area contributed by atoms with Crippen LogP contribution in [0.3, 0.4) is 0 Å². The van der Waals surface area contributed by atoms with E-state index >= 15 is 0 Å². The molecule has 220 valence electrons. The number of hydrogen-bond donors (Lipinski definition) is 0. The molecule has 6 aromatic rings. The molecule has 0 fully saturated rings. The van der Waals surface area contributed by atoms with Crippen molar-refractivity contribution in [3.8, 4) is 22.6 Å². The summed E-state index contributed by atoms with van der Waals surface area (Å²) in [5.74, 6) is 1.84. The maximum absolute atomic E-state index is 6.62. The first-order valence-corrected chi connectivity index (χ1v) is 16.9. The van der Waals surface area contributed by atoms with E-state index in [1.54, 1.807) is 11.8 Å². The van der Waals surface area contributed by atoms with Crippen molar-refractivity contribution in [1.29, 1.82) is 0 Å². The molecule has 5 heteroatoms. The van der Waals surface area contributed by atoms with Crippen LogP contribution < -0.4 is 25.4 Å². The minimum atomic E-state index is -0.139. The van der Waals surface area contributed by atoms with Crippen LogP contribution in [0.4, 0.5) is 28.4 Å². The van der Waals surface area contributed by atoms with E-state index in [1.165, 1.54) is 72.7 Å². The highest BCUT2D eigenvalue weighted by molar-refractivity contribution is 7.99. The summed E-state index contributed by atoms with van der Waals surface area (Å²) in [5, 5.41) is 0. The molecule has 0 N–H and O–H groups in total. The molecule has 0 saturated carbocycles. The lowest BCUT2D eigenvalue weighted by Crippen LogP contribution is -2.62. The van der Waals surface area contributed by atoms with Crippen LogP contribution >= 0.6 is 11.8 Å². The quantitative estimate of drug-likeness (QED) is 0.172. The van der Waals surface area contributed by atoms with Gasteiger partial charge in [0.05, 0.1) is 15.5 Å². The molecule has 3 nitrogen and oxygen atoms in total. The van der Waals surface area contributed by atoms with Crippen LogP contribution in [-0.4, -0.2) is 6.85 Å². The van der Waals surface area contributed by atoms with Gasteiger partial charge in [-0.05, 0) is 89.0 Å². The Hall–Kier alpha value is -4.87. The number of hydrogen-bond acceptors (Lipinski definition) is 4.